The normalized spacial score (nSPS) is 15.1. The molecule has 0 spiro atoms. The van der Waals surface area contributed by atoms with Gasteiger partial charge in [0.2, 0.25) is 0 Å². The Kier molecular flexibility index (Phi) is 5.96. The molecular formula is C20H24F3N3O2. The molecule has 3 rings (SSSR count). The van der Waals surface area contributed by atoms with Crippen molar-refractivity contribution in [1.29, 1.82) is 0 Å². The molecule has 1 aromatic carbocycles. The van der Waals surface area contributed by atoms with Gasteiger partial charge in [-0.05, 0) is 51.7 Å². The van der Waals surface area contributed by atoms with Gasteiger partial charge in [-0.15, -0.1) is 0 Å². The van der Waals surface area contributed by atoms with Gasteiger partial charge < -0.3 is 14.4 Å². The summed E-state index contributed by atoms with van der Waals surface area (Å²) in [7, 11) is 1.53. The Bertz CT molecular complexity index is 806. The molecule has 1 saturated carbocycles. The van der Waals surface area contributed by atoms with E-state index in [2.05, 4.69) is 9.97 Å². The Morgan fingerprint density at radius 2 is 1.89 bits per heavy atom. The van der Waals surface area contributed by atoms with Gasteiger partial charge in [0.1, 0.15) is 11.3 Å². The monoisotopic (exact) mass is 395 g/mol. The smallest absolute Gasteiger partial charge is 0.421 e. The van der Waals surface area contributed by atoms with Crippen molar-refractivity contribution in [3.05, 3.63) is 36.0 Å². The van der Waals surface area contributed by atoms with E-state index in [0.29, 0.717) is 11.4 Å². The zero-order valence-corrected chi connectivity index (χ0v) is 16.2. The fraction of sp³-hybridized carbons (Fsp3) is 0.500. The van der Waals surface area contributed by atoms with Gasteiger partial charge in [-0.25, -0.2) is 4.98 Å². The average Bonchev–Trinajstić information content (AvgIpc) is 3.13. The van der Waals surface area contributed by atoms with Crippen molar-refractivity contribution < 1.29 is 22.6 Å². The third-order valence-electron chi connectivity index (χ3n) is 4.52. The third kappa shape index (κ3) is 4.85. The summed E-state index contributed by atoms with van der Waals surface area (Å²) in [5.74, 6) is 0.369. The lowest BCUT2D eigenvalue weighted by atomic mass is 10.2. The van der Waals surface area contributed by atoms with Crippen LogP contribution in [0.3, 0.4) is 0 Å². The molecule has 0 unspecified atom stereocenters. The minimum atomic E-state index is -4.59. The summed E-state index contributed by atoms with van der Waals surface area (Å²) in [5, 5.41) is 0. The van der Waals surface area contributed by atoms with Crippen LogP contribution in [0.1, 0.15) is 45.1 Å². The Labute approximate surface area is 162 Å². The van der Waals surface area contributed by atoms with Gasteiger partial charge in [-0.2, -0.15) is 18.2 Å². The summed E-state index contributed by atoms with van der Waals surface area (Å²) in [6.07, 6.45) is 0.361. The van der Waals surface area contributed by atoms with Gasteiger partial charge in [-0.3, -0.25) is 0 Å². The lowest BCUT2D eigenvalue weighted by Gasteiger charge is -2.23. The van der Waals surface area contributed by atoms with Crippen molar-refractivity contribution in [2.24, 2.45) is 0 Å². The van der Waals surface area contributed by atoms with E-state index in [9.17, 15) is 13.2 Å². The molecule has 152 valence electrons. The van der Waals surface area contributed by atoms with E-state index >= 15 is 0 Å². The number of alkyl halides is 3. The number of halogens is 3. The number of rotatable bonds is 6. The first-order chi connectivity index (χ1) is 13.2. The summed E-state index contributed by atoms with van der Waals surface area (Å²) in [4.78, 5) is 9.10. The number of hydrogen-bond acceptors (Lipinski definition) is 5. The maximum absolute atomic E-state index is 13.5. The molecule has 0 saturated heterocycles. The molecule has 0 bridgehead atoms. The molecular weight excluding hydrogens is 371 g/mol. The van der Waals surface area contributed by atoms with Crippen LogP contribution in [-0.4, -0.2) is 29.2 Å². The van der Waals surface area contributed by atoms with Gasteiger partial charge in [0.05, 0.1) is 12.2 Å². The predicted molar refractivity (Wildman–Crippen MR) is 100 cm³/mol. The molecule has 1 aliphatic carbocycles. The Balaban J connectivity index is 1.92. The summed E-state index contributed by atoms with van der Waals surface area (Å²) in [5.41, 5.74) is -0.386. The highest BCUT2D eigenvalue weighted by Crippen LogP contribution is 2.38. The molecule has 1 aliphatic rings. The van der Waals surface area contributed by atoms with Crippen LogP contribution in [0.5, 0.6) is 11.8 Å². The lowest BCUT2D eigenvalue weighted by molar-refractivity contribution is -0.137. The third-order valence-corrected chi connectivity index (χ3v) is 4.52. The molecule has 8 heteroatoms. The van der Waals surface area contributed by atoms with Crippen molar-refractivity contribution in [2.45, 2.75) is 57.9 Å². The zero-order valence-electron chi connectivity index (χ0n) is 16.2. The quantitative estimate of drug-likeness (QED) is 0.658. The standard InChI is InChI=1S/C20H24F3N3O2/c1-13(2)27-19-24-12-17(20(21,22)23)18(25-19)26(3)14-7-6-10-16(11-14)28-15-8-4-5-9-15/h6-7,10-13,15H,4-5,8-9H2,1-3H3. The van der Waals surface area contributed by atoms with Crippen LogP contribution in [0.15, 0.2) is 30.5 Å². The summed E-state index contributed by atoms with van der Waals surface area (Å²) in [6, 6.07) is 6.92. The van der Waals surface area contributed by atoms with Crippen LogP contribution < -0.4 is 14.4 Å². The van der Waals surface area contributed by atoms with E-state index < -0.39 is 11.7 Å². The zero-order chi connectivity index (χ0) is 20.3. The first-order valence-corrected chi connectivity index (χ1v) is 9.35. The molecule has 5 nitrogen and oxygen atoms in total. The van der Waals surface area contributed by atoms with Crippen molar-refractivity contribution in [3.63, 3.8) is 0 Å². The molecule has 0 atom stereocenters. The average molecular weight is 395 g/mol. The second-order valence-electron chi connectivity index (χ2n) is 7.13. The summed E-state index contributed by atoms with van der Waals surface area (Å²) in [6.45, 7) is 3.52. The SMILES string of the molecule is CC(C)Oc1ncc(C(F)(F)F)c(N(C)c2cccc(OC3CCCC3)c2)n1. The molecule has 1 aromatic heterocycles. The number of nitrogens with zero attached hydrogens (tertiary/aromatic N) is 3. The Morgan fingerprint density at radius 3 is 2.54 bits per heavy atom. The van der Waals surface area contributed by atoms with E-state index in [4.69, 9.17) is 9.47 Å². The van der Waals surface area contributed by atoms with Crippen LogP contribution in [0.25, 0.3) is 0 Å². The number of hydrogen-bond donors (Lipinski definition) is 0. The van der Waals surface area contributed by atoms with E-state index in [-0.39, 0.29) is 24.0 Å². The number of ether oxygens (including phenoxy) is 2. The molecule has 28 heavy (non-hydrogen) atoms. The Morgan fingerprint density at radius 1 is 1.18 bits per heavy atom. The van der Waals surface area contributed by atoms with Gasteiger partial charge in [-0.1, -0.05) is 6.07 Å². The second-order valence-corrected chi connectivity index (χ2v) is 7.13. The van der Waals surface area contributed by atoms with Crippen LogP contribution in [-0.2, 0) is 6.18 Å². The largest absolute Gasteiger partial charge is 0.490 e. The molecule has 1 heterocycles. The molecule has 0 amide bonds. The van der Waals surface area contributed by atoms with Gasteiger partial charge >= 0.3 is 12.2 Å². The lowest BCUT2D eigenvalue weighted by Crippen LogP contribution is -2.20. The van der Waals surface area contributed by atoms with Crippen LogP contribution in [0.4, 0.5) is 24.7 Å². The topological polar surface area (TPSA) is 47.5 Å². The minimum absolute atomic E-state index is 0.0942. The maximum atomic E-state index is 13.5. The maximum Gasteiger partial charge on any atom is 0.421 e. The summed E-state index contributed by atoms with van der Waals surface area (Å²) < 4.78 is 51.8. The van der Waals surface area contributed by atoms with Gasteiger partial charge in [0.25, 0.3) is 0 Å². The number of anilines is 2. The van der Waals surface area contributed by atoms with Crippen molar-refractivity contribution >= 4 is 11.5 Å². The molecule has 0 radical (unpaired) electrons. The highest BCUT2D eigenvalue weighted by Gasteiger charge is 2.37. The highest BCUT2D eigenvalue weighted by molar-refractivity contribution is 5.64. The second kappa shape index (κ2) is 8.24. The van der Waals surface area contributed by atoms with E-state index in [1.54, 1.807) is 32.0 Å². The molecule has 0 N–H and O–H groups in total. The van der Waals surface area contributed by atoms with Crippen LogP contribution in [0, 0.1) is 0 Å². The highest BCUT2D eigenvalue weighted by atomic mass is 19.4. The van der Waals surface area contributed by atoms with Crippen LogP contribution >= 0.6 is 0 Å². The Hall–Kier alpha value is -2.51. The van der Waals surface area contributed by atoms with Gasteiger partial charge in [0.15, 0.2) is 5.82 Å². The van der Waals surface area contributed by atoms with Crippen molar-refractivity contribution in [2.75, 3.05) is 11.9 Å². The number of aromatic nitrogens is 2. The summed E-state index contributed by atoms with van der Waals surface area (Å²) >= 11 is 0. The predicted octanol–water partition coefficient (Wildman–Crippen LogP) is 5.37. The fourth-order valence-electron chi connectivity index (χ4n) is 3.17. The van der Waals surface area contributed by atoms with E-state index in [1.807, 2.05) is 6.07 Å². The molecule has 0 aliphatic heterocycles. The minimum Gasteiger partial charge on any atom is -0.490 e. The first kappa shape index (κ1) is 20.2. The number of benzene rings is 1. The van der Waals surface area contributed by atoms with E-state index in [1.165, 1.54) is 11.9 Å². The van der Waals surface area contributed by atoms with Crippen molar-refractivity contribution in [3.8, 4) is 11.8 Å². The molecule has 2 aromatic rings. The molecule has 1 fully saturated rings. The van der Waals surface area contributed by atoms with Crippen molar-refractivity contribution in [1.82, 2.24) is 9.97 Å². The van der Waals surface area contributed by atoms with Crippen LogP contribution in [0.2, 0.25) is 0 Å². The first-order valence-electron chi connectivity index (χ1n) is 9.35. The van der Waals surface area contributed by atoms with Gasteiger partial charge in [0, 0.05) is 25.0 Å². The van der Waals surface area contributed by atoms with E-state index in [0.717, 1.165) is 31.9 Å². The fourth-order valence-corrected chi connectivity index (χ4v) is 3.17.